The minimum absolute atomic E-state index is 0.0292. The van der Waals surface area contributed by atoms with Crippen LogP contribution in [0, 0.1) is 0 Å². The van der Waals surface area contributed by atoms with Gasteiger partial charge in [-0.05, 0) is 77.2 Å². The van der Waals surface area contributed by atoms with Gasteiger partial charge in [0.15, 0.2) is 0 Å². The predicted molar refractivity (Wildman–Crippen MR) is 198 cm³/mol. The third kappa shape index (κ3) is 33.6. The first-order valence-electron chi connectivity index (χ1n) is 19.7. The molecular formula is C40H77N3O2. The summed E-state index contributed by atoms with van der Waals surface area (Å²) in [5.74, 6) is -0.121. The van der Waals surface area contributed by atoms with E-state index in [0.717, 1.165) is 25.7 Å². The number of amides is 2. The lowest BCUT2D eigenvalue weighted by molar-refractivity contribution is -0.129. The van der Waals surface area contributed by atoms with Crippen LogP contribution in [-0.2, 0) is 9.59 Å². The van der Waals surface area contributed by atoms with Crippen LogP contribution in [-0.4, -0.2) is 30.9 Å². The summed E-state index contributed by atoms with van der Waals surface area (Å²) in [6, 6.07) is -0.514. The van der Waals surface area contributed by atoms with Gasteiger partial charge in [-0.25, -0.2) is 0 Å². The highest BCUT2D eigenvalue weighted by atomic mass is 16.2. The first kappa shape index (κ1) is 43.4. The van der Waals surface area contributed by atoms with Crippen molar-refractivity contribution in [3.05, 3.63) is 24.3 Å². The molecular weight excluding hydrogens is 554 g/mol. The summed E-state index contributed by atoms with van der Waals surface area (Å²) in [4.78, 5) is 25.1. The maximum atomic E-state index is 12.6. The van der Waals surface area contributed by atoms with Crippen LogP contribution in [0.5, 0.6) is 0 Å². The summed E-state index contributed by atoms with van der Waals surface area (Å²) in [5, 5.41) is 5.95. The van der Waals surface area contributed by atoms with Gasteiger partial charge in [0.05, 0.1) is 0 Å². The van der Waals surface area contributed by atoms with Gasteiger partial charge >= 0.3 is 0 Å². The fraction of sp³-hybridized carbons (Fsp3) is 0.850. The van der Waals surface area contributed by atoms with E-state index in [1.807, 2.05) is 0 Å². The maximum Gasteiger partial charge on any atom is 0.242 e. The van der Waals surface area contributed by atoms with Gasteiger partial charge in [-0.1, -0.05) is 147 Å². The van der Waals surface area contributed by atoms with Gasteiger partial charge in [-0.2, -0.15) is 0 Å². The van der Waals surface area contributed by atoms with E-state index in [4.69, 9.17) is 5.73 Å². The largest absolute Gasteiger partial charge is 0.354 e. The fourth-order valence-corrected chi connectivity index (χ4v) is 5.77. The van der Waals surface area contributed by atoms with E-state index >= 15 is 0 Å². The Labute approximate surface area is 280 Å². The van der Waals surface area contributed by atoms with Gasteiger partial charge in [0.25, 0.3) is 0 Å². The number of allylic oxidation sites excluding steroid dienone is 4. The molecule has 0 radical (unpaired) electrons. The van der Waals surface area contributed by atoms with Crippen LogP contribution in [0.4, 0.5) is 0 Å². The van der Waals surface area contributed by atoms with Crippen molar-refractivity contribution in [3.63, 3.8) is 0 Å². The van der Waals surface area contributed by atoms with Crippen LogP contribution in [0.1, 0.15) is 200 Å². The van der Waals surface area contributed by atoms with Crippen molar-refractivity contribution in [2.45, 2.75) is 206 Å². The molecule has 0 heterocycles. The SMILES string of the molecule is CCCCCCCC/C=C\CCCCCCCCNC(=O)C(CCN)NC(=O)CCCCCCC/C=C\CCCCCCCC. The van der Waals surface area contributed by atoms with Crippen LogP contribution in [0.15, 0.2) is 24.3 Å². The van der Waals surface area contributed by atoms with E-state index in [1.165, 1.54) is 148 Å². The highest BCUT2D eigenvalue weighted by Gasteiger charge is 2.19. The van der Waals surface area contributed by atoms with Crippen molar-refractivity contribution >= 4 is 11.8 Å². The molecule has 0 aromatic carbocycles. The van der Waals surface area contributed by atoms with E-state index < -0.39 is 6.04 Å². The van der Waals surface area contributed by atoms with Crippen molar-refractivity contribution in [2.24, 2.45) is 5.73 Å². The molecule has 0 saturated heterocycles. The Bertz CT molecular complexity index is 691. The molecule has 0 aliphatic rings. The molecule has 0 saturated carbocycles. The summed E-state index contributed by atoms with van der Waals surface area (Å²) in [6.07, 6.45) is 44.4. The quantitative estimate of drug-likeness (QED) is 0.0480. The molecule has 1 unspecified atom stereocenters. The highest BCUT2D eigenvalue weighted by Crippen LogP contribution is 2.12. The minimum Gasteiger partial charge on any atom is -0.354 e. The van der Waals surface area contributed by atoms with E-state index in [-0.39, 0.29) is 11.8 Å². The molecule has 264 valence electrons. The van der Waals surface area contributed by atoms with Crippen LogP contribution < -0.4 is 16.4 Å². The lowest BCUT2D eigenvalue weighted by atomic mass is 10.1. The Balaban J connectivity index is 3.69. The zero-order valence-electron chi connectivity index (χ0n) is 30.2. The van der Waals surface area contributed by atoms with Crippen LogP contribution in [0.3, 0.4) is 0 Å². The normalized spacial score (nSPS) is 12.3. The number of hydrogen-bond acceptors (Lipinski definition) is 3. The van der Waals surface area contributed by atoms with Crippen LogP contribution >= 0.6 is 0 Å². The highest BCUT2D eigenvalue weighted by molar-refractivity contribution is 5.87. The molecule has 5 nitrogen and oxygen atoms in total. The molecule has 0 aromatic rings. The van der Waals surface area contributed by atoms with Gasteiger partial charge in [0, 0.05) is 13.0 Å². The minimum atomic E-state index is -0.514. The van der Waals surface area contributed by atoms with Crippen molar-refractivity contribution in [1.29, 1.82) is 0 Å². The van der Waals surface area contributed by atoms with Crippen molar-refractivity contribution in [2.75, 3.05) is 13.1 Å². The number of nitrogens with one attached hydrogen (secondary N) is 2. The summed E-state index contributed by atoms with van der Waals surface area (Å²) in [5.41, 5.74) is 5.73. The van der Waals surface area contributed by atoms with Gasteiger partial charge in [0.2, 0.25) is 11.8 Å². The standard InChI is InChI=1S/C40H77N3O2/c1-3-5-7-9-11-13-15-17-19-21-23-25-27-29-31-33-37-42-40(45)38(35-36-41)43-39(44)34-32-30-28-26-24-22-20-18-16-14-12-10-8-6-4-2/h17-20,38H,3-16,21-37,41H2,1-2H3,(H,42,45)(H,43,44)/b19-17-,20-18-. The first-order chi connectivity index (χ1) is 22.2. The molecule has 0 spiro atoms. The Morgan fingerprint density at radius 3 is 1.33 bits per heavy atom. The zero-order valence-corrected chi connectivity index (χ0v) is 30.2. The monoisotopic (exact) mass is 632 g/mol. The Kier molecular flexibility index (Phi) is 35.5. The summed E-state index contributed by atoms with van der Waals surface area (Å²) >= 11 is 0. The number of carbonyl (C=O) groups excluding carboxylic acids is 2. The van der Waals surface area contributed by atoms with Crippen molar-refractivity contribution in [1.82, 2.24) is 10.6 Å². The lowest BCUT2D eigenvalue weighted by Crippen LogP contribution is -2.47. The Morgan fingerprint density at radius 1 is 0.533 bits per heavy atom. The molecule has 0 fully saturated rings. The second-order valence-electron chi connectivity index (χ2n) is 13.3. The van der Waals surface area contributed by atoms with E-state index in [0.29, 0.717) is 25.9 Å². The molecule has 5 heteroatoms. The van der Waals surface area contributed by atoms with Crippen molar-refractivity contribution in [3.8, 4) is 0 Å². The topological polar surface area (TPSA) is 84.2 Å². The zero-order chi connectivity index (χ0) is 32.9. The van der Waals surface area contributed by atoms with E-state index in [1.54, 1.807) is 0 Å². The molecule has 0 aliphatic heterocycles. The molecule has 0 aromatic heterocycles. The first-order valence-corrected chi connectivity index (χ1v) is 19.7. The molecule has 0 aliphatic carbocycles. The lowest BCUT2D eigenvalue weighted by Gasteiger charge is -2.18. The average molecular weight is 632 g/mol. The van der Waals surface area contributed by atoms with Crippen LogP contribution in [0.2, 0.25) is 0 Å². The number of carbonyl (C=O) groups is 2. The van der Waals surface area contributed by atoms with Gasteiger partial charge in [-0.3, -0.25) is 9.59 Å². The summed E-state index contributed by atoms with van der Waals surface area (Å²) < 4.78 is 0. The molecule has 2 amide bonds. The Morgan fingerprint density at radius 2 is 0.911 bits per heavy atom. The average Bonchev–Trinajstić information content (AvgIpc) is 3.04. The summed E-state index contributed by atoms with van der Waals surface area (Å²) in [6.45, 7) is 5.60. The Hall–Kier alpha value is -1.62. The maximum absolute atomic E-state index is 12.6. The molecule has 0 bridgehead atoms. The number of rotatable bonds is 35. The smallest absolute Gasteiger partial charge is 0.242 e. The van der Waals surface area contributed by atoms with E-state index in [2.05, 4.69) is 48.8 Å². The van der Waals surface area contributed by atoms with E-state index in [9.17, 15) is 9.59 Å². The van der Waals surface area contributed by atoms with Crippen molar-refractivity contribution < 1.29 is 9.59 Å². The third-order valence-corrected chi connectivity index (χ3v) is 8.76. The number of unbranched alkanes of at least 4 members (excludes halogenated alkanes) is 23. The third-order valence-electron chi connectivity index (χ3n) is 8.76. The van der Waals surface area contributed by atoms with Gasteiger partial charge in [0.1, 0.15) is 6.04 Å². The molecule has 4 N–H and O–H groups in total. The predicted octanol–water partition coefficient (Wildman–Crippen LogP) is 11.0. The van der Waals surface area contributed by atoms with Gasteiger partial charge in [-0.15, -0.1) is 0 Å². The molecule has 1 atom stereocenters. The fourth-order valence-electron chi connectivity index (χ4n) is 5.77. The molecule has 45 heavy (non-hydrogen) atoms. The number of nitrogens with two attached hydrogens (primary N) is 1. The second-order valence-corrected chi connectivity index (χ2v) is 13.3. The number of hydrogen-bond donors (Lipinski definition) is 3. The van der Waals surface area contributed by atoms with Crippen LogP contribution in [0.25, 0.3) is 0 Å². The van der Waals surface area contributed by atoms with Gasteiger partial charge < -0.3 is 16.4 Å². The summed E-state index contributed by atoms with van der Waals surface area (Å²) in [7, 11) is 0. The second kappa shape index (κ2) is 36.8. The molecule has 0 rings (SSSR count).